The lowest BCUT2D eigenvalue weighted by atomic mass is 9.94. The zero-order chi connectivity index (χ0) is 8.65. The second-order valence-electron chi connectivity index (χ2n) is 2.62. The van der Waals surface area contributed by atoms with Gasteiger partial charge in [0, 0.05) is 0 Å². The van der Waals surface area contributed by atoms with Crippen molar-refractivity contribution in [1.82, 2.24) is 0 Å². The van der Waals surface area contributed by atoms with Crippen molar-refractivity contribution in [3.8, 4) is 0 Å². The molecule has 1 fully saturated rings. The highest BCUT2D eigenvalue weighted by molar-refractivity contribution is 5.83. The van der Waals surface area contributed by atoms with Gasteiger partial charge >= 0.3 is 5.97 Å². The third kappa shape index (κ3) is 1.01. The van der Waals surface area contributed by atoms with Gasteiger partial charge in [-0.25, -0.2) is 4.79 Å². The summed E-state index contributed by atoms with van der Waals surface area (Å²) in [6, 6.07) is 0. The summed E-state index contributed by atoms with van der Waals surface area (Å²) in [5.41, 5.74) is -2.14. The first-order chi connectivity index (χ1) is 4.99. The molecule has 0 aromatic heterocycles. The van der Waals surface area contributed by atoms with Crippen LogP contribution in [0.5, 0.6) is 0 Å². The first-order valence-electron chi connectivity index (χ1n) is 3.25. The highest BCUT2D eigenvalue weighted by Crippen LogP contribution is 2.24. The summed E-state index contributed by atoms with van der Waals surface area (Å²) in [4.78, 5) is 10.8. The Kier molecular flexibility index (Phi) is 1.87. The molecule has 0 aromatic rings. The van der Waals surface area contributed by atoms with Gasteiger partial charge in [0.1, 0.15) is 12.7 Å². The van der Waals surface area contributed by atoms with Crippen LogP contribution in [0.1, 0.15) is 6.92 Å². The molecule has 5 heteroatoms. The monoisotopic (exact) mass is 162 g/mol. The summed E-state index contributed by atoms with van der Waals surface area (Å²) in [5, 5.41) is 27.3. The van der Waals surface area contributed by atoms with Crippen LogP contribution in [-0.2, 0) is 9.53 Å². The molecule has 1 heterocycles. The van der Waals surface area contributed by atoms with Gasteiger partial charge in [-0.2, -0.15) is 0 Å². The van der Waals surface area contributed by atoms with Crippen LogP contribution in [0.4, 0.5) is 0 Å². The molecule has 0 amide bonds. The summed E-state index contributed by atoms with van der Waals surface area (Å²) < 4.78 is 4.34. The molecule has 0 aliphatic carbocycles. The van der Waals surface area contributed by atoms with Gasteiger partial charge in [0.05, 0.1) is 6.10 Å². The van der Waals surface area contributed by atoms with Crippen molar-refractivity contribution < 1.29 is 24.9 Å². The van der Waals surface area contributed by atoms with Crippen molar-refractivity contribution in [3.05, 3.63) is 0 Å². The smallest absolute Gasteiger partial charge is 0.343 e. The summed E-state index contributed by atoms with van der Waals surface area (Å²) in [5.74, 6) is -0.972. The van der Waals surface area contributed by atoms with Crippen molar-refractivity contribution in [1.29, 1.82) is 0 Å². The highest BCUT2D eigenvalue weighted by Gasteiger charge is 2.54. The standard InChI is InChI=1S/C6H10O5/c1-3(7)6(10)4(8)2-11-5(6)9/h3-4,7-8,10H,2H2,1H3. The van der Waals surface area contributed by atoms with E-state index in [-0.39, 0.29) is 6.61 Å². The minimum absolute atomic E-state index is 0.264. The van der Waals surface area contributed by atoms with E-state index in [9.17, 15) is 9.90 Å². The number of ether oxygens (including phenoxy) is 1. The summed E-state index contributed by atoms with van der Waals surface area (Å²) in [6.07, 6.45) is -2.66. The van der Waals surface area contributed by atoms with Crippen molar-refractivity contribution >= 4 is 5.97 Å². The molecule has 3 unspecified atom stereocenters. The summed E-state index contributed by atoms with van der Waals surface area (Å²) >= 11 is 0. The molecule has 0 saturated carbocycles. The van der Waals surface area contributed by atoms with Gasteiger partial charge in [0.2, 0.25) is 5.60 Å². The molecule has 0 spiro atoms. The SMILES string of the molecule is CC(O)C1(O)C(=O)OCC1O. The Morgan fingerprint density at radius 1 is 1.82 bits per heavy atom. The van der Waals surface area contributed by atoms with Crippen molar-refractivity contribution in [2.75, 3.05) is 6.61 Å². The van der Waals surface area contributed by atoms with Crippen LogP contribution < -0.4 is 0 Å². The molecule has 1 aliphatic heterocycles. The second-order valence-corrected chi connectivity index (χ2v) is 2.62. The van der Waals surface area contributed by atoms with Crippen LogP contribution in [0.2, 0.25) is 0 Å². The van der Waals surface area contributed by atoms with Gasteiger partial charge in [-0.1, -0.05) is 0 Å². The zero-order valence-electron chi connectivity index (χ0n) is 6.02. The van der Waals surface area contributed by atoms with E-state index < -0.39 is 23.8 Å². The Morgan fingerprint density at radius 3 is 2.55 bits per heavy atom. The number of esters is 1. The van der Waals surface area contributed by atoms with E-state index in [1.54, 1.807) is 0 Å². The van der Waals surface area contributed by atoms with E-state index in [4.69, 9.17) is 10.2 Å². The maximum absolute atomic E-state index is 10.8. The molecule has 1 rings (SSSR count). The van der Waals surface area contributed by atoms with E-state index in [1.165, 1.54) is 6.92 Å². The number of hydrogen-bond donors (Lipinski definition) is 3. The van der Waals surface area contributed by atoms with Crippen molar-refractivity contribution in [2.45, 2.75) is 24.7 Å². The Morgan fingerprint density at radius 2 is 2.36 bits per heavy atom. The Balaban J connectivity index is 2.89. The third-order valence-corrected chi connectivity index (χ3v) is 1.84. The lowest BCUT2D eigenvalue weighted by Crippen LogP contribution is -2.53. The number of cyclic esters (lactones) is 1. The molecule has 64 valence electrons. The minimum atomic E-state index is -2.14. The Hall–Kier alpha value is -0.650. The highest BCUT2D eigenvalue weighted by atomic mass is 16.6. The van der Waals surface area contributed by atoms with Gasteiger partial charge in [-0.3, -0.25) is 0 Å². The fourth-order valence-electron chi connectivity index (χ4n) is 0.982. The lowest BCUT2D eigenvalue weighted by molar-refractivity contribution is -0.168. The molecule has 11 heavy (non-hydrogen) atoms. The average molecular weight is 162 g/mol. The van der Waals surface area contributed by atoms with Crippen LogP contribution in [0.15, 0.2) is 0 Å². The van der Waals surface area contributed by atoms with Gasteiger partial charge in [0.15, 0.2) is 0 Å². The van der Waals surface area contributed by atoms with Crippen LogP contribution in [0, 0.1) is 0 Å². The van der Waals surface area contributed by atoms with E-state index in [0.29, 0.717) is 0 Å². The van der Waals surface area contributed by atoms with E-state index in [2.05, 4.69) is 4.74 Å². The number of hydrogen-bond acceptors (Lipinski definition) is 5. The average Bonchev–Trinajstić information content (AvgIpc) is 2.18. The summed E-state index contributed by atoms with van der Waals surface area (Å²) in [7, 11) is 0. The quantitative estimate of drug-likeness (QED) is 0.389. The molecule has 5 nitrogen and oxygen atoms in total. The maximum Gasteiger partial charge on any atom is 0.343 e. The largest absolute Gasteiger partial charge is 0.461 e. The van der Waals surface area contributed by atoms with Crippen molar-refractivity contribution in [3.63, 3.8) is 0 Å². The van der Waals surface area contributed by atoms with Gasteiger partial charge in [-0.15, -0.1) is 0 Å². The van der Waals surface area contributed by atoms with Crippen LogP contribution in [0.25, 0.3) is 0 Å². The fraction of sp³-hybridized carbons (Fsp3) is 0.833. The van der Waals surface area contributed by atoms with Crippen molar-refractivity contribution in [2.24, 2.45) is 0 Å². The molecule has 0 radical (unpaired) electrons. The first kappa shape index (κ1) is 8.45. The molecule has 1 aliphatic rings. The molecule has 3 atom stereocenters. The number of aliphatic hydroxyl groups is 3. The number of carbonyl (C=O) groups excluding carboxylic acids is 1. The lowest BCUT2D eigenvalue weighted by Gasteiger charge is -2.23. The maximum atomic E-state index is 10.8. The Labute approximate surface area is 63.2 Å². The van der Waals surface area contributed by atoms with Crippen LogP contribution in [-0.4, -0.2) is 45.7 Å². The molecule has 1 saturated heterocycles. The molecule has 0 aromatic carbocycles. The molecular formula is C6H10O5. The topological polar surface area (TPSA) is 87.0 Å². The van der Waals surface area contributed by atoms with E-state index in [1.807, 2.05) is 0 Å². The van der Waals surface area contributed by atoms with Crippen LogP contribution in [0.3, 0.4) is 0 Å². The first-order valence-corrected chi connectivity index (χ1v) is 3.25. The Bertz CT molecular complexity index is 178. The van der Waals surface area contributed by atoms with Gasteiger partial charge < -0.3 is 20.1 Å². The minimum Gasteiger partial charge on any atom is -0.461 e. The summed E-state index contributed by atoms with van der Waals surface area (Å²) in [6.45, 7) is 0.954. The predicted molar refractivity (Wildman–Crippen MR) is 33.6 cm³/mol. The molecular weight excluding hydrogens is 152 g/mol. The second kappa shape index (κ2) is 2.44. The van der Waals surface area contributed by atoms with Crippen LogP contribution >= 0.6 is 0 Å². The third-order valence-electron chi connectivity index (χ3n) is 1.84. The number of carbonyl (C=O) groups is 1. The van der Waals surface area contributed by atoms with Gasteiger partial charge in [0.25, 0.3) is 0 Å². The number of rotatable bonds is 1. The molecule has 0 bridgehead atoms. The van der Waals surface area contributed by atoms with Gasteiger partial charge in [-0.05, 0) is 6.92 Å². The fourth-order valence-corrected chi connectivity index (χ4v) is 0.982. The molecule has 3 N–H and O–H groups in total. The zero-order valence-corrected chi connectivity index (χ0v) is 6.02. The predicted octanol–water partition coefficient (Wildman–Crippen LogP) is -1.98. The van der Waals surface area contributed by atoms with E-state index >= 15 is 0 Å². The van der Waals surface area contributed by atoms with E-state index in [0.717, 1.165) is 0 Å². The normalized spacial score (nSPS) is 40.4. The number of aliphatic hydroxyl groups excluding tert-OH is 2.